The van der Waals surface area contributed by atoms with Crippen LogP contribution in [-0.2, 0) is 9.84 Å². The molecule has 4 nitrogen and oxygen atoms in total. The number of anilines is 2. The maximum atomic E-state index is 12.3. The number of sulfone groups is 1. The van der Waals surface area contributed by atoms with Crippen molar-refractivity contribution in [1.29, 1.82) is 0 Å². The van der Waals surface area contributed by atoms with E-state index < -0.39 is 9.84 Å². The van der Waals surface area contributed by atoms with E-state index in [2.05, 4.69) is 0 Å². The Hall–Kier alpha value is -2.01. The molecule has 2 aromatic carbocycles. The Morgan fingerprint density at radius 2 is 1.24 bits per heavy atom. The van der Waals surface area contributed by atoms with Crippen molar-refractivity contribution in [2.45, 2.75) is 9.79 Å². The highest BCUT2D eigenvalue weighted by molar-refractivity contribution is 7.91. The summed E-state index contributed by atoms with van der Waals surface area (Å²) in [5, 5.41) is 0. The first-order valence-corrected chi connectivity index (χ1v) is 6.28. The maximum Gasteiger partial charge on any atom is 0.206 e. The summed E-state index contributed by atoms with van der Waals surface area (Å²) < 4.78 is 39.7. The van der Waals surface area contributed by atoms with E-state index >= 15 is 0 Å². The minimum atomic E-state index is -3.77. The second-order valence-corrected chi connectivity index (χ2v) is 5.41. The Bertz CT molecular complexity index is 688. The summed E-state index contributed by atoms with van der Waals surface area (Å²) in [5.41, 5.74) is 11.4. The van der Waals surface area contributed by atoms with E-state index in [9.17, 15) is 8.42 Å². The van der Waals surface area contributed by atoms with Crippen LogP contribution in [0.2, 0.25) is 0 Å². The normalized spacial score (nSPS) is 12.9. The monoisotopic (exact) mass is 252 g/mol. The zero-order chi connectivity index (χ0) is 14.2. The fourth-order valence-electron chi connectivity index (χ4n) is 1.32. The molecule has 0 amide bonds. The lowest BCUT2D eigenvalue weighted by atomic mass is 10.3. The molecule has 0 bridgehead atoms. The molecule has 17 heavy (non-hydrogen) atoms. The first-order valence-electron chi connectivity index (χ1n) is 5.79. The lowest BCUT2D eigenvalue weighted by molar-refractivity contribution is 0.596. The van der Waals surface area contributed by atoms with E-state index in [4.69, 9.17) is 14.2 Å². The van der Waals surface area contributed by atoms with Gasteiger partial charge < -0.3 is 11.5 Å². The molecular formula is C12H12N2O2S. The molecule has 0 heterocycles. The van der Waals surface area contributed by atoms with E-state index in [1.807, 2.05) is 0 Å². The first-order chi connectivity index (χ1) is 8.82. The highest BCUT2D eigenvalue weighted by atomic mass is 32.2. The van der Waals surface area contributed by atoms with Gasteiger partial charge in [-0.3, -0.25) is 0 Å². The molecule has 88 valence electrons. The van der Waals surface area contributed by atoms with Gasteiger partial charge >= 0.3 is 0 Å². The number of nitrogens with two attached hydrogens (primary N) is 2. The minimum absolute atomic E-state index is 0.0316. The van der Waals surface area contributed by atoms with Crippen molar-refractivity contribution in [3.63, 3.8) is 0 Å². The van der Waals surface area contributed by atoms with Gasteiger partial charge in [-0.25, -0.2) is 8.42 Å². The molecule has 5 heteroatoms. The van der Waals surface area contributed by atoms with Crippen LogP contribution < -0.4 is 11.5 Å². The fraction of sp³-hybridized carbons (Fsp3) is 0. The lowest BCUT2D eigenvalue weighted by Gasteiger charge is -2.05. The van der Waals surface area contributed by atoms with E-state index in [1.54, 1.807) is 0 Å². The summed E-state index contributed by atoms with van der Waals surface area (Å²) in [6.45, 7) is 0. The number of nitrogen functional groups attached to an aromatic ring is 2. The van der Waals surface area contributed by atoms with Crippen LogP contribution in [0.4, 0.5) is 11.4 Å². The van der Waals surface area contributed by atoms with Crippen molar-refractivity contribution in [2.75, 3.05) is 11.5 Å². The lowest BCUT2D eigenvalue weighted by Crippen LogP contribution is -2.02. The van der Waals surface area contributed by atoms with Crippen LogP contribution in [0, 0.1) is 0 Å². The van der Waals surface area contributed by atoms with Gasteiger partial charge in [-0.05, 0) is 48.5 Å². The van der Waals surface area contributed by atoms with Crippen molar-refractivity contribution in [1.82, 2.24) is 0 Å². The second kappa shape index (κ2) is 4.10. The van der Waals surface area contributed by atoms with Crippen LogP contribution in [0.25, 0.3) is 0 Å². The SMILES string of the molecule is [3H]c1cc(S(=O)(=O)c2ccc(N)c([3H])c2)ccc1N. The van der Waals surface area contributed by atoms with Gasteiger partial charge in [0.25, 0.3) is 0 Å². The summed E-state index contributed by atoms with van der Waals surface area (Å²) in [6, 6.07) is 7.67. The molecule has 2 rings (SSSR count). The van der Waals surface area contributed by atoms with Gasteiger partial charge in [0.05, 0.1) is 12.5 Å². The fourth-order valence-corrected chi connectivity index (χ4v) is 2.51. The van der Waals surface area contributed by atoms with E-state index in [1.165, 1.54) is 36.4 Å². The average molecular weight is 252 g/mol. The third kappa shape index (κ3) is 2.24. The standard InChI is InChI=1S/C12H12N2O2S/c13-9-1-5-11(6-2-9)17(15,16)12-7-3-10(14)4-8-12/h1-8H,13-14H2/i1T,3T. The first kappa shape index (κ1) is 9.07. The van der Waals surface area contributed by atoms with Crippen LogP contribution in [-0.4, -0.2) is 8.42 Å². The number of rotatable bonds is 2. The average Bonchev–Trinajstić information content (AvgIpc) is 2.35. The molecule has 0 unspecified atom stereocenters. The van der Waals surface area contributed by atoms with Gasteiger partial charge in [-0.2, -0.15) is 0 Å². The molecule has 0 saturated carbocycles. The topological polar surface area (TPSA) is 86.2 Å². The molecule has 0 radical (unpaired) electrons. The van der Waals surface area contributed by atoms with Gasteiger partial charge in [0.15, 0.2) is 0 Å². The molecule has 0 aliphatic heterocycles. The molecule has 0 saturated heterocycles. The summed E-state index contributed by atoms with van der Waals surface area (Å²) in [4.78, 5) is -0.0632. The molecule has 0 fully saturated rings. The summed E-state index contributed by atoms with van der Waals surface area (Å²) in [6.07, 6.45) is 0. The smallest absolute Gasteiger partial charge is 0.206 e. The van der Waals surface area contributed by atoms with Gasteiger partial charge in [0.2, 0.25) is 9.84 Å². The quantitative estimate of drug-likeness (QED) is 0.796. The second-order valence-electron chi connectivity index (χ2n) is 3.46. The van der Waals surface area contributed by atoms with Crippen LogP contribution in [0.5, 0.6) is 0 Å². The van der Waals surface area contributed by atoms with Crippen LogP contribution in [0.3, 0.4) is 0 Å². The molecule has 0 spiro atoms. The summed E-state index contributed by atoms with van der Waals surface area (Å²) in [7, 11) is -3.77. The van der Waals surface area contributed by atoms with Crippen molar-refractivity contribution in [3.8, 4) is 0 Å². The highest BCUT2D eigenvalue weighted by Crippen LogP contribution is 2.22. The van der Waals surface area contributed by atoms with Gasteiger partial charge in [0.1, 0.15) is 0 Å². The largest absolute Gasteiger partial charge is 0.399 e. The van der Waals surface area contributed by atoms with E-state index in [0.717, 1.165) is 0 Å². The van der Waals surface area contributed by atoms with Crippen LogP contribution in [0.15, 0.2) is 58.3 Å². The van der Waals surface area contributed by atoms with Crippen molar-refractivity contribution >= 4 is 21.2 Å². The Morgan fingerprint density at radius 1 is 0.824 bits per heavy atom. The van der Waals surface area contributed by atoms with Crippen molar-refractivity contribution in [3.05, 3.63) is 48.5 Å². The van der Waals surface area contributed by atoms with E-state index in [-0.39, 0.29) is 33.3 Å². The Labute approximate surface area is 103 Å². The minimum Gasteiger partial charge on any atom is -0.399 e. The predicted molar refractivity (Wildman–Crippen MR) is 67.2 cm³/mol. The molecule has 0 aliphatic carbocycles. The zero-order valence-corrected chi connectivity index (χ0v) is 9.66. The maximum absolute atomic E-state index is 12.3. The Morgan fingerprint density at radius 3 is 1.59 bits per heavy atom. The molecule has 0 aliphatic rings. The highest BCUT2D eigenvalue weighted by Gasteiger charge is 2.16. The van der Waals surface area contributed by atoms with Crippen molar-refractivity contribution < 1.29 is 11.2 Å². The van der Waals surface area contributed by atoms with Crippen LogP contribution in [0.1, 0.15) is 2.74 Å². The summed E-state index contributed by atoms with van der Waals surface area (Å²) >= 11 is 0. The number of hydrogen-bond acceptors (Lipinski definition) is 4. The third-order valence-corrected chi connectivity index (χ3v) is 3.99. The Kier molecular flexibility index (Phi) is 2.19. The molecule has 0 aromatic heterocycles. The third-order valence-electron chi connectivity index (χ3n) is 2.24. The van der Waals surface area contributed by atoms with Crippen molar-refractivity contribution in [2.24, 2.45) is 0 Å². The van der Waals surface area contributed by atoms with E-state index in [0.29, 0.717) is 0 Å². The molecule has 4 N–H and O–H groups in total. The van der Waals surface area contributed by atoms with Gasteiger partial charge in [0, 0.05) is 11.4 Å². The van der Waals surface area contributed by atoms with Crippen LogP contribution >= 0.6 is 0 Å². The zero-order valence-electron chi connectivity index (χ0n) is 10.8. The van der Waals surface area contributed by atoms with Gasteiger partial charge in [-0.15, -0.1) is 0 Å². The molecule has 0 atom stereocenters. The number of hydrogen-bond donors (Lipinski definition) is 2. The predicted octanol–water partition coefficient (Wildman–Crippen LogP) is 1.68. The Balaban J connectivity index is 2.58. The number of benzene rings is 2. The molecule has 2 aromatic rings. The summed E-state index contributed by atoms with van der Waals surface area (Å²) in [5.74, 6) is 0. The van der Waals surface area contributed by atoms with Gasteiger partial charge in [-0.1, -0.05) is 0 Å². The molecular weight excluding hydrogens is 236 g/mol.